The molecule has 0 aliphatic carbocycles. The number of carbonyl (C=O) groups excluding carboxylic acids is 1. The molecule has 3 aromatic rings. The van der Waals surface area contributed by atoms with Crippen LogP contribution in [0.2, 0.25) is 0 Å². The summed E-state index contributed by atoms with van der Waals surface area (Å²) in [7, 11) is 1.40. The number of carbonyl (C=O) groups is 1. The van der Waals surface area contributed by atoms with Gasteiger partial charge in [-0.05, 0) is 73.9 Å². The Morgan fingerprint density at radius 2 is 1.97 bits per heavy atom. The lowest BCUT2D eigenvalue weighted by Crippen LogP contribution is -2.33. The second kappa shape index (κ2) is 9.35. The Bertz CT molecular complexity index is 1170. The first-order chi connectivity index (χ1) is 15.8. The number of aromatic nitrogens is 2. The number of nitrogens with zero attached hydrogens (tertiary/aromatic N) is 3. The van der Waals surface area contributed by atoms with Gasteiger partial charge in [0.2, 0.25) is 0 Å². The van der Waals surface area contributed by atoms with Crippen LogP contribution in [0, 0.1) is 19.8 Å². The van der Waals surface area contributed by atoms with E-state index in [9.17, 15) is 4.79 Å². The highest BCUT2D eigenvalue weighted by Crippen LogP contribution is 2.41. The minimum atomic E-state index is -0.344. The normalized spacial score (nSPS) is 18.0. The topological polar surface area (TPSA) is 59.4 Å². The fourth-order valence-corrected chi connectivity index (χ4v) is 5.02. The second-order valence-corrected chi connectivity index (χ2v) is 9.26. The van der Waals surface area contributed by atoms with Crippen LogP contribution < -0.4 is 5.32 Å². The molecule has 0 saturated carbocycles. The maximum Gasteiger partial charge on any atom is 0.337 e. The molecule has 3 heterocycles. The largest absolute Gasteiger partial charge is 0.465 e. The molecule has 0 amide bonds. The first-order valence-electron chi connectivity index (χ1n) is 11.2. The SMILES string of the molecule is COC(=O)c1cccc(-n2c(C)cc([C@@H]3[C@H](c4ccccn4)NC(=S)N3CC(C)C)c2C)c1. The van der Waals surface area contributed by atoms with Crippen LogP contribution in [0.3, 0.4) is 0 Å². The van der Waals surface area contributed by atoms with Crippen LogP contribution in [0.1, 0.15) is 58.9 Å². The predicted molar refractivity (Wildman–Crippen MR) is 134 cm³/mol. The summed E-state index contributed by atoms with van der Waals surface area (Å²) in [6.45, 7) is 9.47. The highest BCUT2D eigenvalue weighted by Gasteiger charge is 2.41. The minimum absolute atomic E-state index is 0.0125. The van der Waals surface area contributed by atoms with E-state index >= 15 is 0 Å². The van der Waals surface area contributed by atoms with Gasteiger partial charge in [0.15, 0.2) is 5.11 Å². The van der Waals surface area contributed by atoms with Crippen molar-refractivity contribution in [1.82, 2.24) is 19.8 Å². The molecule has 6 nitrogen and oxygen atoms in total. The van der Waals surface area contributed by atoms with E-state index in [0.717, 1.165) is 34.4 Å². The third-order valence-electron chi connectivity index (χ3n) is 6.07. The standard InChI is InChI=1S/C26H30N4O2S/c1-16(2)15-29-24(23(28-26(29)33)22-11-6-7-12-27-22)21-13-17(3)30(18(21)4)20-10-8-9-19(14-20)25(31)32-5/h6-14,16,23-24H,15H2,1-5H3,(H,28,33)/t23-,24+/m0/s1. The maximum absolute atomic E-state index is 12.1. The monoisotopic (exact) mass is 462 g/mol. The average molecular weight is 463 g/mol. The molecule has 2 aromatic heterocycles. The Balaban J connectivity index is 1.82. The molecule has 172 valence electrons. The molecule has 2 atom stereocenters. The van der Waals surface area contributed by atoms with Crippen LogP contribution >= 0.6 is 12.2 Å². The number of ether oxygens (including phenoxy) is 1. The highest BCUT2D eigenvalue weighted by molar-refractivity contribution is 7.80. The molecule has 1 aliphatic heterocycles. The molecule has 0 unspecified atom stereocenters. The highest BCUT2D eigenvalue weighted by atomic mass is 32.1. The van der Waals surface area contributed by atoms with Gasteiger partial charge in [0.25, 0.3) is 0 Å². The van der Waals surface area contributed by atoms with E-state index in [0.29, 0.717) is 11.5 Å². The number of hydrogen-bond donors (Lipinski definition) is 1. The van der Waals surface area contributed by atoms with Gasteiger partial charge >= 0.3 is 5.97 Å². The van der Waals surface area contributed by atoms with Crippen molar-refractivity contribution in [3.8, 4) is 5.69 Å². The van der Waals surface area contributed by atoms with E-state index in [4.69, 9.17) is 17.0 Å². The van der Waals surface area contributed by atoms with Gasteiger partial charge in [-0.3, -0.25) is 4.98 Å². The van der Waals surface area contributed by atoms with Crippen LogP contribution in [-0.2, 0) is 4.74 Å². The van der Waals surface area contributed by atoms with Crippen molar-refractivity contribution in [2.45, 2.75) is 39.8 Å². The lowest BCUT2D eigenvalue weighted by atomic mass is 9.96. The van der Waals surface area contributed by atoms with Crippen LogP contribution in [0.25, 0.3) is 5.69 Å². The number of methoxy groups -OCH3 is 1. The smallest absolute Gasteiger partial charge is 0.337 e. The van der Waals surface area contributed by atoms with Crippen molar-refractivity contribution in [2.75, 3.05) is 13.7 Å². The van der Waals surface area contributed by atoms with Crippen molar-refractivity contribution in [1.29, 1.82) is 0 Å². The number of thiocarbonyl (C=S) groups is 1. The quantitative estimate of drug-likeness (QED) is 0.415. The summed E-state index contributed by atoms with van der Waals surface area (Å²) in [5, 5.41) is 4.28. The van der Waals surface area contributed by atoms with Gasteiger partial charge in [-0.2, -0.15) is 0 Å². The third kappa shape index (κ3) is 4.37. The summed E-state index contributed by atoms with van der Waals surface area (Å²) in [5.41, 5.74) is 5.82. The van der Waals surface area contributed by atoms with Crippen molar-refractivity contribution in [3.63, 3.8) is 0 Å². The lowest BCUT2D eigenvalue weighted by Gasteiger charge is -2.29. The van der Waals surface area contributed by atoms with Crippen molar-refractivity contribution in [3.05, 3.63) is 82.9 Å². The number of rotatable bonds is 6. The molecule has 1 saturated heterocycles. The Morgan fingerprint density at radius 1 is 1.18 bits per heavy atom. The number of esters is 1. The molecule has 7 heteroatoms. The molecular weight excluding hydrogens is 432 g/mol. The van der Waals surface area contributed by atoms with Crippen LogP contribution in [0.15, 0.2) is 54.7 Å². The van der Waals surface area contributed by atoms with Crippen molar-refractivity contribution < 1.29 is 9.53 Å². The summed E-state index contributed by atoms with van der Waals surface area (Å²) >= 11 is 5.78. The second-order valence-electron chi connectivity index (χ2n) is 8.88. The molecule has 1 fully saturated rings. The summed E-state index contributed by atoms with van der Waals surface area (Å²) < 4.78 is 7.10. The number of nitrogens with one attached hydrogen (secondary N) is 1. The van der Waals surface area contributed by atoms with E-state index in [1.165, 1.54) is 12.7 Å². The summed E-state index contributed by atoms with van der Waals surface area (Å²) in [4.78, 5) is 19.0. The summed E-state index contributed by atoms with van der Waals surface area (Å²) in [6.07, 6.45) is 1.82. The number of hydrogen-bond acceptors (Lipinski definition) is 4. The van der Waals surface area contributed by atoms with E-state index < -0.39 is 0 Å². The predicted octanol–water partition coefficient (Wildman–Crippen LogP) is 4.90. The van der Waals surface area contributed by atoms with Crippen molar-refractivity contribution >= 4 is 23.3 Å². The molecule has 4 rings (SSSR count). The third-order valence-corrected chi connectivity index (χ3v) is 6.43. The zero-order chi connectivity index (χ0) is 23.7. The number of benzene rings is 1. The average Bonchev–Trinajstić information content (AvgIpc) is 3.28. The molecular formula is C26H30N4O2S. The van der Waals surface area contributed by atoms with Gasteiger partial charge in [-0.25, -0.2) is 4.79 Å². The van der Waals surface area contributed by atoms with Gasteiger partial charge in [0, 0.05) is 29.8 Å². The zero-order valence-corrected chi connectivity index (χ0v) is 20.5. The molecule has 0 bridgehead atoms. The van der Waals surface area contributed by atoms with Gasteiger partial charge in [0.1, 0.15) is 0 Å². The molecule has 33 heavy (non-hydrogen) atoms. The fraction of sp³-hybridized carbons (Fsp3) is 0.346. The van der Waals surface area contributed by atoms with E-state index in [1.54, 1.807) is 6.07 Å². The number of aryl methyl sites for hydroxylation is 1. The van der Waals surface area contributed by atoms with Gasteiger partial charge in [-0.1, -0.05) is 26.0 Å². The van der Waals surface area contributed by atoms with Gasteiger partial charge < -0.3 is 19.5 Å². The fourth-order valence-electron chi connectivity index (χ4n) is 4.71. The molecule has 0 spiro atoms. The molecule has 0 radical (unpaired) electrons. The first-order valence-corrected chi connectivity index (χ1v) is 11.6. The zero-order valence-electron chi connectivity index (χ0n) is 19.7. The Kier molecular flexibility index (Phi) is 6.51. The Labute approximate surface area is 200 Å². The van der Waals surface area contributed by atoms with Gasteiger partial charge in [-0.15, -0.1) is 0 Å². The van der Waals surface area contributed by atoms with Crippen molar-refractivity contribution in [2.24, 2.45) is 5.92 Å². The van der Waals surface area contributed by atoms with Crippen LogP contribution in [0.4, 0.5) is 0 Å². The van der Waals surface area contributed by atoms with E-state index in [-0.39, 0.29) is 18.1 Å². The molecule has 1 aliphatic rings. The molecule has 1 N–H and O–H groups in total. The maximum atomic E-state index is 12.1. The lowest BCUT2D eigenvalue weighted by molar-refractivity contribution is 0.0600. The van der Waals surface area contributed by atoms with Gasteiger partial charge in [0.05, 0.1) is 30.5 Å². The summed E-state index contributed by atoms with van der Waals surface area (Å²) in [5.74, 6) is 0.109. The minimum Gasteiger partial charge on any atom is -0.465 e. The Hall–Kier alpha value is -3.19. The molecule has 1 aromatic carbocycles. The first kappa shape index (κ1) is 23.0. The number of pyridine rings is 1. The van der Waals surface area contributed by atoms with Crippen LogP contribution in [0.5, 0.6) is 0 Å². The van der Waals surface area contributed by atoms with Crippen LogP contribution in [-0.4, -0.2) is 39.2 Å². The summed E-state index contributed by atoms with van der Waals surface area (Å²) in [6, 6.07) is 15.7. The van der Waals surface area contributed by atoms with E-state index in [2.05, 4.69) is 53.5 Å². The van der Waals surface area contributed by atoms with E-state index in [1.807, 2.05) is 42.6 Å². The Morgan fingerprint density at radius 3 is 2.64 bits per heavy atom.